The normalized spacial score (nSPS) is 20.1. The quantitative estimate of drug-likeness (QED) is 0.768. The van der Waals surface area contributed by atoms with Crippen LogP contribution in [-0.2, 0) is 6.42 Å². The number of aromatic amines is 1. The molecule has 0 spiro atoms. The number of alkyl halides is 1. The van der Waals surface area contributed by atoms with Crippen LogP contribution in [0.2, 0.25) is 0 Å². The molecule has 0 bridgehead atoms. The van der Waals surface area contributed by atoms with Gasteiger partial charge in [-0.1, -0.05) is 15.9 Å². The molecule has 1 aliphatic carbocycles. The van der Waals surface area contributed by atoms with E-state index < -0.39 is 0 Å². The predicted molar refractivity (Wildman–Crippen MR) is 47.7 cm³/mol. The molecule has 0 aromatic carbocycles. The summed E-state index contributed by atoms with van der Waals surface area (Å²) >= 11 is 3.67. The Labute approximate surface area is 74.5 Å². The third-order valence-electron chi connectivity index (χ3n) is 2.08. The van der Waals surface area contributed by atoms with E-state index in [1.165, 1.54) is 12.8 Å². The molecule has 1 aromatic rings. The third-order valence-corrected chi connectivity index (χ3v) is 3.15. The summed E-state index contributed by atoms with van der Waals surface area (Å²) in [6.07, 6.45) is 7.49. The van der Waals surface area contributed by atoms with Gasteiger partial charge in [-0.2, -0.15) is 0 Å². The molecule has 0 amide bonds. The third kappa shape index (κ3) is 1.83. The van der Waals surface area contributed by atoms with Crippen molar-refractivity contribution in [2.45, 2.75) is 24.1 Å². The van der Waals surface area contributed by atoms with Gasteiger partial charge in [0, 0.05) is 23.6 Å². The van der Waals surface area contributed by atoms with E-state index in [0.29, 0.717) is 4.83 Å². The second-order valence-electron chi connectivity index (χ2n) is 3.09. The molecule has 1 aliphatic rings. The van der Waals surface area contributed by atoms with Crippen molar-refractivity contribution < 1.29 is 0 Å². The summed E-state index contributed by atoms with van der Waals surface area (Å²) in [5, 5.41) is 0. The lowest BCUT2D eigenvalue weighted by atomic mass is 10.2. The molecule has 1 N–H and O–H groups in total. The van der Waals surface area contributed by atoms with Gasteiger partial charge < -0.3 is 4.98 Å². The monoisotopic (exact) mass is 214 g/mol. The van der Waals surface area contributed by atoms with Crippen molar-refractivity contribution in [1.29, 1.82) is 0 Å². The van der Waals surface area contributed by atoms with Crippen LogP contribution in [0.3, 0.4) is 0 Å². The van der Waals surface area contributed by atoms with Crippen LogP contribution in [0.1, 0.15) is 18.7 Å². The average molecular weight is 215 g/mol. The van der Waals surface area contributed by atoms with Crippen molar-refractivity contribution in [2.75, 3.05) is 0 Å². The maximum Gasteiger partial charge on any atom is 0.107 e. The molecule has 11 heavy (non-hydrogen) atoms. The zero-order valence-corrected chi connectivity index (χ0v) is 7.84. The molecule has 3 heteroatoms. The van der Waals surface area contributed by atoms with E-state index in [4.69, 9.17) is 0 Å². The molecule has 2 nitrogen and oxygen atoms in total. The number of H-pyrrole nitrogens is 1. The summed E-state index contributed by atoms with van der Waals surface area (Å²) in [5.41, 5.74) is 0. The average Bonchev–Trinajstić information content (AvgIpc) is 2.73. The molecule has 2 rings (SSSR count). The maximum atomic E-state index is 4.18. The number of halogens is 1. The lowest BCUT2D eigenvalue weighted by molar-refractivity contribution is 0.735. The summed E-state index contributed by atoms with van der Waals surface area (Å²) in [6.45, 7) is 0. The van der Waals surface area contributed by atoms with Gasteiger partial charge in [0.25, 0.3) is 0 Å². The Morgan fingerprint density at radius 3 is 3.09 bits per heavy atom. The molecule has 0 aliphatic heterocycles. The van der Waals surface area contributed by atoms with Crippen molar-refractivity contribution in [3.05, 3.63) is 18.2 Å². The number of hydrogen-bond acceptors (Lipinski definition) is 1. The highest BCUT2D eigenvalue weighted by molar-refractivity contribution is 9.09. The minimum Gasteiger partial charge on any atom is -0.349 e. The minimum absolute atomic E-state index is 0.633. The lowest BCUT2D eigenvalue weighted by Gasteiger charge is -2.03. The number of rotatable bonds is 3. The number of aromatic nitrogens is 2. The van der Waals surface area contributed by atoms with Gasteiger partial charge in [0.1, 0.15) is 5.82 Å². The highest BCUT2D eigenvalue weighted by Gasteiger charge is 2.29. The van der Waals surface area contributed by atoms with Crippen LogP contribution in [0, 0.1) is 5.92 Å². The second kappa shape index (κ2) is 2.97. The minimum atomic E-state index is 0.633. The van der Waals surface area contributed by atoms with Crippen LogP contribution >= 0.6 is 15.9 Å². The number of nitrogens with zero attached hydrogens (tertiary/aromatic N) is 1. The summed E-state index contributed by atoms with van der Waals surface area (Å²) < 4.78 is 0. The summed E-state index contributed by atoms with van der Waals surface area (Å²) in [7, 11) is 0. The maximum absolute atomic E-state index is 4.18. The topological polar surface area (TPSA) is 28.7 Å². The van der Waals surface area contributed by atoms with E-state index >= 15 is 0 Å². The summed E-state index contributed by atoms with van der Waals surface area (Å²) in [5.74, 6) is 2.00. The van der Waals surface area contributed by atoms with Gasteiger partial charge in [0.05, 0.1) is 0 Å². The Balaban J connectivity index is 1.89. The molecule has 1 unspecified atom stereocenters. The van der Waals surface area contributed by atoms with Gasteiger partial charge >= 0.3 is 0 Å². The molecule has 1 atom stereocenters. The first kappa shape index (κ1) is 7.35. The first-order chi connectivity index (χ1) is 5.36. The van der Waals surface area contributed by atoms with Gasteiger partial charge in [0.15, 0.2) is 0 Å². The molecule has 1 heterocycles. The fourth-order valence-electron chi connectivity index (χ4n) is 1.22. The van der Waals surface area contributed by atoms with Crippen LogP contribution < -0.4 is 0 Å². The largest absolute Gasteiger partial charge is 0.349 e. The molecule has 0 saturated heterocycles. The van der Waals surface area contributed by atoms with E-state index in [9.17, 15) is 0 Å². The van der Waals surface area contributed by atoms with Crippen molar-refractivity contribution in [1.82, 2.24) is 9.97 Å². The van der Waals surface area contributed by atoms with Crippen LogP contribution in [0.5, 0.6) is 0 Å². The molecular formula is C8H11BrN2. The van der Waals surface area contributed by atoms with Crippen LogP contribution in [0.25, 0.3) is 0 Å². The molecular weight excluding hydrogens is 204 g/mol. The van der Waals surface area contributed by atoms with Gasteiger partial charge in [-0.15, -0.1) is 0 Å². The molecule has 1 aromatic heterocycles. The molecule has 1 saturated carbocycles. The Morgan fingerprint density at radius 1 is 1.73 bits per heavy atom. The van der Waals surface area contributed by atoms with E-state index in [2.05, 4.69) is 25.9 Å². The zero-order chi connectivity index (χ0) is 7.68. The standard InChI is InChI=1S/C8H11BrN2/c9-7(6-1-2-6)5-8-10-3-4-11-8/h3-4,6-7H,1-2,5H2,(H,10,11). The molecule has 1 fully saturated rings. The Morgan fingerprint density at radius 2 is 2.55 bits per heavy atom. The van der Waals surface area contributed by atoms with Crippen LogP contribution in [0.15, 0.2) is 12.4 Å². The smallest absolute Gasteiger partial charge is 0.107 e. The zero-order valence-electron chi connectivity index (χ0n) is 6.26. The van der Waals surface area contributed by atoms with Crippen LogP contribution in [-0.4, -0.2) is 14.8 Å². The van der Waals surface area contributed by atoms with Crippen molar-refractivity contribution >= 4 is 15.9 Å². The molecule has 60 valence electrons. The number of imidazole rings is 1. The number of nitrogens with one attached hydrogen (secondary N) is 1. The van der Waals surface area contributed by atoms with Crippen molar-refractivity contribution in [2.24, 2.45) is 5.92 Å². The van der Waals surface area contributed by atoms with Gasteiger partial charge in [-0.3, -0.25) is 0 Å². The Hall–Kier alpha value is -0.310. The Bertz CT molecular complexity index is 216. The van der Waals surface area contributed by atoms with Gasteiger partial charge in [-0.25, -0.2) is 4.98 Å². The molecule has 0 radical (unpaired) electrons. The van der Waals surface area contributed by atoms with Gasteiger partial charge in [0.2, 0.25) is 0 Å². The second-order valence-corrected chi connectivity index (χ2v) is 4.27. The van der Waals surface area contributed by atoms with E-state index in [-0.39, 0.29) is 0 Å². The van der Waals surface area contributed by atoms with Crippen LogP contribution in [0.4, 0.5) is 0 Å². The van der Waals surface area contributed by atoms with E-state index in [1.807, 2.05) is 12.4 Å². The first-order valence-electron chi connectivity index (χ1n) is 3.98. The van der Waals surface area contributed by atoms with E-state index in [0.717, 1.165) is 18.2 Å². The van der Waals surface area contributed by atoms with Gasteiger partial charge in [-0.05, 0) is 18.8 Å². The SMILES string of the molecule is BrC(Cc1ncc[nH]1)C1CC1. The fourth-order valence-corrected chi connectivity index (χ4v) is 2.05. The van der Waals surface area contributed by atoms with Crippen molar-refractivity contribution in [3.8, 4) is 0 Å². The highest BCUT2D eigenvalue weighted by atomic mass is 79.9. The summed E-state index contributed by atoms with van der Waals surface area (Å²) in [4.78, 5) is 7.92. The predicted octanol–water partition coefficient (Wildman–Crippen LogP) is 2.13. The highest BCUT2D eigenvalue weighted by Crippen LogP contribution is 2.37. The first-order valence-corrected chi connectivity index (χ1v) is 4.90. The fraction of sp³-hybridized carbons (Fsp3) is 0.625. The van der Waals surface area contributed by atoms with Crippen molar-refractivity contribution in [3.63, 3.8) is 0 Å². The van der Waals surface area contributed by atoms with E-state index in [1.54, 1.807) is 0 Å². The lowest BCUT2D eigenvalue weighted by Crippen LogP contribution is -2.05. The number of hydrogen-bond donors (Lipinski definition) is 1. The summed E-state index contributed by atoms with van der Waals surface area (Å²) in [6, 6.07) is 0. The Kier molecular flexibility index (Phi) is 1.98.